The standard InChI is InChI=1S/C17H30N2/c1-3-18-4-2-13(1)11-19-12-17-8-14-5-15(9-17)7-16(6-14)10-17/h13-16,18-19H,1-12H2. The van der Waals surface area contributed by atoms with Crippen molar-refractivity contribution in [3.8, 4) is 0 Å². The normalized spacial score (nSPS) is 45.8. The molecule has 108 valence electrons. The number of hydrogen-bond donors (Lipinski definition) is 2. The van der Waals surface area contributed by atoms with E-state index in [1.54, 1.807) is 38.5 Å². The molecule has 0 aromatic heterocycles. The SMILES string of the molecule is C1CC(CNCC23CC4CC(CC(C4)C2)C3)CCN1. The summed E-state index contributed by atoms with van der Waals surface area (Å²) in [5, 5.41) is 7.36. The number of nitrogens with one attached hydrogen (secondary N) is 2. The molecule has 4 bridgehead atoms. The summed E-state index contributed by atoms with van der Waals surface area (Å²) < 4.78 is 0. The molecule has 0 spiro atoms. The first-order valence-electron chi connectivity index (χ1n) is 8.73. The van der Waals surface area contributed by atoms with E-state index in [2.05, 4.69) is 10.6 Å². The average Bonchev–Trinajstić information content (AvgIpc) is 2.38. The van der Waals surface area contributed by atoms with Crippen molar-refractivity contribution in [1.82, 2.24) is 10.6 Å². The molecule has 2 N–H and O–H groups in total. The van der Waals surface area contributed by atoms with Crippen LogP contribution in [-0.4, -0.2) is 26.2 Å². The van der Waals surface area contributed by atoms with E-state index >= 15 is 0 Å². The van der Waals surface area contributed by atoms with Crippen LogP contribution >= 0.6 is 0 Å². The van der Waals surface area contributed by atoms with E-state index < -0.39 is 0 Å². The highest BCUT2D eigenvalue weighted by Gasteiger charge is 2.50. The Kier molecular flexibility index (Phi) is 3.35. The Balaban J connectivity index is 1.30. The molecule has 5 rings (SSSR count). The van der Waals surface area contributed by atoms with Crippen molar-refractivity contribution in [2.45, 2.75) is 51.4 Å². The van der Waals surface area contributed by atoms with Crippen molar-refractivity contribution < 1.29 is 0 Å². The van der Waals surface area contributed by atoms with Crippen molar-refractivity contribution in [3.63, 3.8) is 0 Å². The van der Waals surface area contributed by atoms with Crippen molar-refractivity contribution in [2.24, 2.45) is 29.1 Å². The summed E-state index contributed by atoms with van der Waals surface area (Å²) >= 11 is 0. The topological polar surface area (TPSA) is 24.1 Å². The largest absolute Gasteiger partial charge is 0.317 e. The van der Waals surface area contributed by atoms with Gasteiger partial charge in [-0.2, -0.15) is 0 Å². The van der Waals surface area contributed by atoms with Crippen LogP contribution in [0, 0.1) is 29.1 Å². The van der Waals surface area contributed by atoms with Crippen molar-refractivity contribution in [2.75, 3.05) is 26.2 Å². The summed E-state index contributed by atoms with van der Waals surface area (Å²) in [7, 11) is 0. The third-order valence-corrected chi connectivity index (χ3v) is 6.56. The van der Waals surface area contributed by atoms with Gasteiger partial charge in [-0.3, -0.25) is 0 Å². The van der Waals surface area contributed by atoms with Crippen LogP contribution in [-0.2, 0) is 0 Å². The van der Waals surface area contributed by atoms with E-state index in [0.717, 1.165) is 29.1 Å². The van der Waals surface area contributed by atoms with E-state index in [1.165, 1.54) is 39.0 Å². The zero-order valence-corrected chi connectivity index (χ0v) is 12.3. The molecule has 1 aliphatic heterocycles. The quantitative estimate of drug-likeness (QED) is 0.814. The lowest BCUT2D eigenvalue weighted by Crippen LogP contribution is -2.51. The molecule has 0 aromatic carbocycles. The van der Waals surface area contributed by atoms with E-state index in [9.17, 15) is 0 Å². The number of piperidine rings is 1. The van der Waals surface area contributed by atoms with Crippen molar-refractivity contribution in [3.05, 3.63) is 0 Å². The van der Waals surface area contributed by atoms with Gasteiger partial charge in [0.05, 0.1) is 0 Å². The second-order valence-electron chi connectivity index (χ2n) is 8.24. The van der Waals surface area contributed by atoms with Gasteiger partial charge in [0, 0.05) is 6.54 Å². The Bertz CT molecular complexity index is 284. The minimum atomic E-state index is 0.724. The highest BCUT2D eigenvalue weighted by atomic mass is 14.9. The fourth-order valence-corrected chi connectivity index (χ4v) is 6.13. The van der Waals surface area contributed by atoms with Crippen molar-refractivity contribution in [1.29, 1.82) is 0 Å². The summed E-state index contributed by atoms with van der Waals surface area (Å²) in [5.41, 5.74) is 0.724. The van der Waals surface area contributed by atoms with E-state index in [0.29, 0.717) is 0 Å². The Morgan fingerprint density at radius 1 is 0.895 bits per heavy atom. The van der Waals surface area contributed by atoms with E-state index in [4.69, 9.17) is 0 Å². The van der Waals surface area contributed by atoms with Gasteiger partial charge in [0.2, 0.25) is 0 Å². The third-order valence-electron chi connectivity index (χ3n) is 6.56. The van der Waals surface area contributed by atoms with Gasteiger partial charge in [-0.1, -0.05) is 0 Å². The first kappa shape index (κ1) is 12.6. The molecule has 1 saturated heterocycles. The van der Waals surface area contributed by atoms with E-state index in [-0.39, 0.29) is 0 Å². The smallest absolute Gasteiger partial charge is 0.000823 e. The van der Waals surface area contributed by atoms with Crippen LogP contribution in [0.25, 0.3) is 0 Å². The van der Waals surface area contributed by atoms with Crippen LogP contribution in [0.3, 0.4) is 0 Å². The van der Waals surface area contributed by atoms with Gasteiger partial charge in [-0.05, 0) is 100 Å². The monoisotopic (exact) mass is 262 g/mol. The maximum absolute atomic E-state index is 3.88. The summed E-state index contributed by atoms with van der Waals surface area (Å²) in [6, 6.07) is 0. The molecule has 5 aliphatic rings. The van der Waals surface area contributed by atoms with Gasteiger partial charge in [-0.15, -0.1) is 0 Å². The molecule has 19 heavy (non-hydrogen) atoms. The molecular weight excluding hydrogens is 232 g/mol. The highest BCUT2D eigenvalue weighted by Crippen LogP contribution is 2.59. The molecule has 2 nitrogen and oxygen atoms in total. The first-order chi connectivity index (χ1) is 9.31. The van der Waals surface area contributed by atoms with Gasteiger partial charge in [-0.25, -0.2) is 0 Å². The van der Waals surface area contributed by atoms with Gasteiger partial charge < -0.3 is 10.6 Å². The molecule has 5 fully saturated rings. The van der Waals surface area contributed by atoms with Crippen LogP contribution in [0.2, 0.25) is 0 Å². The molecule has 0 aromatic rings. The Morgan fingerprint density at radius 2 is 1.47 bits per heavy atom. The Labute approximate surface area is 118 Å². The summed E-state index contributed by atoms with van der Waals surface area (Å²) in [4.78, 5) is 0. The van der Waals surface area contributed by atoms with Gasteiger partial charge in [0.25, 0.3) is 0 Å². The average molecular weight is 262 g/mol. The molecule has 2 heteroatoms. The summed E-state index contributed by atoms with van der Waals surface area (Å²) in [6.45, 7) is 5.09. The molecule has 4 aliphatic carbocycles. The van der Waals surface area contributed by atoms with Crippen LogP contribution in [0.4, 0.5) is 0 Å². The molecule has 0 radical (unpaired) electrons. The minimum absolute atomic E-state index is 0.724. The second kappa shape index (κ2) is 5.04. The molecular formula is C17H30N2. The lowest BCUT2D eigenvalue weighted by atomic mass is 9.49. The zero-order valence-electron chi connectivity index (χ0n) is 12.3. The second-order valence-corrected chi connectivity index (χ2v) is 8.24. The van der Waals surface area contributed by atoms with Gasteiger partial charge in [0.15, 0.2) is 0 Å². The summed E-state index contributed by atoms with van der Waals surface area (Å²) in [6.07, 6.45) is 12.2. The maximum Gasteiger partial charge on any atom is 0.000823 e. The first-order valence-corrected chi connectivity index (χ1v) is 8.73. The van der Waals surface area contributed by atoms with Crippen LogP contribution in [0.5, 0.6) is 0 Å². The fourth-order valence-electron chi connectivity index (χ4n) is 6.13. The highest BCUT2D eigenvalue weighted by molar-refractivity contribution is 5.02. The molecule has 0 atom stereocenters. The van der Waals surface area contributed by atoms with Crippen LogP contribution < -0.4 is 10.6 Å². The Morgan fingerprint density at radius 3 is 2.05 bits per heavy atom. The fraction of sp³-hybridized carbons (Fsp3) is 1.00. The summed E-state index contributed by atoms with van der Waals surface area (Å²) in [5.74, 6) is 4.25. The van der Waals surface area contributed by atoms with E-state index in [1.807, 2.05) is 0 Å². The lowest BCUT2D eigenvalue weighted by molar-refractivity contribution is -0.0516. The minimum Gasteiger partial charge on any atom is -0.317 e. The van der Waals surface area contributed by atoms with Gasteiger partial charge in [0.1, 0.15) is 0 Å². The maximum atomic E-state index is 3.88. The lowest BCUT2D eigenvalue weighted by Gasteiger charge is -2.57. The van der Waals surface area contributed by atoms with Crippen LogP contribution in [0.1, 0.15) is 51.4 Å². The predicted octanol–water partition coefficient (Wildman–Crippen LogP) is 2.79. The van der Waals surface area contributed by atoms with Gasteiger partial charge >= 0.3 is 0 Å². The Hall–Kier alpha value is -0.0800. The molecule has 4 saturated carbocycles. The van der Waals surface area contributed by atoms with Crippen molar-refractivity contribution >= 4 is 0 Å². The number of hydrogen-bond acceptors (Lipinski definition) is 2. The molecule has 1 heterocycles. The predicted molar refractivity (Wildman–Crippen MR) is 79.1 cm³/mol. The molecule has 0 unspecified atom stereocenters. The molecule has 0 amide bonds. The van der Waals surface area contributed by atoms with Crippen LogP contribution in [0.15, 0.2) is 0 Å². The third kappa shape index (κ3) is 2.58. The zero-order chi connectivity index (χ0) is 12.7. The number of rotatable bonds is 4.